The molecule has 0 aromatic carbocycles. The standard InChI is InChI=1S/C8H13IN2OS/c1-6(4-12)13-5-8-7(9)3-10-11(8)2/h3,6,12H,4-5H2,1-2H3. The molecule has 0 aliphatic rings. The van der Waals surface area contributed by atoms with Crippen LogP contribution < -0.4 is 0 Å². The van der Waals surface area contributed by atoms with Gasteiger partial charge in [0.05, 0.1) is 22.1 Å². The lowest BCUT2D eigenvalue weighted by Crippen LogP contribution is -2.05. The summed E-state index contributed by atoms with van der Waals surface area (Å²) in [6.45, 7) is 2.26. The van der Waals surface area contributed by atoms with Crippen molar-refractivity contribution in [3.05, 3.63) is 15.5 Å². The van der Waals surface area contributed by atoms with Gasteiger partial charge in [-0.3, -0.25) is 4.68 Å². The Kier molecular flexibility index (Phi) is 4.54. The second-order valence-corrected chi connectivity index (χ2v) is 5.46. The van der Waals surface area contributed by atoms with Gasteiger partial charge in [-0.05, 0) is 22.6 Å². The van der Waals surface area contributed by atoms with E-state index < -0.39 is 0 Å². The molecular formula is C8H13IN2OS. The largest absolute Gasteiger partial charge is 0.395 e. The van der Waals surface area contributed by atoms with Gasteiger partial charge in [0, 0.05) is 18.1 Å². The minimum Gasteiger partial charge on any atom is -0.395 e. The third kappa shape index (κ3) is 3.14. The topological polar surface area (TPSA) is 38.1 Å². The minimum atomic E-state index is 0.235. The molecule has 1 aromatic rings. The summed E-state index contributed by atoms with van der Waals surface area (Å²) in [4.78, 5) is 0. The van der Waals surface area contributed by atoms with E-state index in [1.807, 2.05) is 24.9 Å². The molecule has 1 rings (SSSR count). The van der Waals surface area contributed by atoms with Crippen LogP contribution in [0, 0.1) is 3.57 Å². The number of aliphatic hydroxyl groups is 1. The lowest BCUT2D eigenvalue weighted by molar-refractivity contribution is 0.300. The summed E-state index contributed by atoms with van der Waals surface area (Å²) in [6.07, 6.45) is 1.86. The molecule has 5 heteroatoms. The molecule has 0 spiro atoms. The van der Waals surface area contributed by atoms with Crippen LogP contribution in [0.15, 0.2) is 6.20 Å². The van der Waals surface area contributed by atoms with Gasteiger partial charge < -0.3 is 5.11 Å². The number of halogens is 1. The molecule has 1 unspecified atom stereocenters. The molecule has 1 atom stereocenters. The fraction of sp³-hybridized carbons (Fsp3) is 0.625. The molecule has 74 valence electrons. The lowest BCUT2D eigenvalue weighted by Gasteiger charge is -2.07. The van der Waals surface area contributed by atoms with Crippen LogP contribution in [0.3, 0.4) is 0 Å². The van der Waals surface area contributed by atoms with E-state index in [2.05, 4.69) is 27.7 Å². The van der Waals surface area contributed by atoms with Crippen molar-refractivity contribution in [3.8, 4) is 0 Å². The van der Waals surface area contributed by atoms with Gasteiger partial charge in [-0.15, -0.1) is 0 Å². The highest BCUT2D eigenvalue weighted by molar-refractivity contribution is 14.1. The monoisotopic (exact) mass is 312 g/mol. The van der Waals surface area contributed by atoms with Crippen LogP contribution in [0.5, 0.6) is 0 Å². The van der Waals surface area contributed by atoms with E-state index in [1.165, 1.54) is 9.26 Å². The van der Waals surface area contributed by atoms with E-state index in [4.69, 9.17) is 5.11 Å². The van der Waals surface area contributed by atoms with Crippen LogP contribution in [0.1, 0.15) is 12.6 Å². The number of aliphatic hydroxyl groups excluding tert-OH is 1. The van der Waals surface area contributed by atoms with Crippen molar-refractivity contribution in [2.24, 2.45) is 7.05 Å². The van der Waals surface area contributed by atoms with E-state index in [-0.39, 0.29) is 6.61 Å². The van der Waals surface area contributed by atoms with E-state index in [0.717, 1.165) is 5.75 Å². The number of hydrogen-bond donors (Lipinski definition) is 1. The van der Waals surface area contributed by atoms with Crippen molar-refractivity contribution in [2.45, 2.75) is 17.9 Å². The highest BCUT2D eigenvalue weighted by Crippen LogP contribution is 2.20. The third-order valence-electron chi connectivity index (χ3n) is 1.77. The first kappa shape index (κ1) is 11.3. The first-order valence-corrected chi connectivity index (χ1v) is 6.16. The molecule has 0 radical (unpaired) electrons. The number of rotatable bonds is 4. The summed E-state index contributed by atoms with van der Waals surface area (Å²) < 4.78 is 3.08. The van der Waals surface area contributed by atoms with Gasteiger partial charge in [0.15, 0.2) is 0 Å². The zero-order valence-corrected chi connectivity index (χ0v) is 10.7. The van der Waals surface area contributed by atoms with Gasteiger partial charge in [-0.2, -0.15) is 16.9 Å². The minimum absolute atomic E-state index is 0.235. The summed E-state index contributed by atoms with van der Waals surface area (Å²) >= 11 is 4.03. The van der Waals surface area contributed by atoms with Crippen LogP contribution in [0.25, 0.3) is 0 Å². The van der Waals surface area contributed by atoms with Crippen molar-refractivity contribution in [2.75, 3.05) is 6.61 Å². The van der Waals surface area contributed by atoms with Gasteiger partial charge in [0.25, 0.3) is 0 Å². The molecule has 0 aliphatic carbocycles. The molecule has 0 fully saturated rings. The third-order valence-corrected chi connectivity index (χ3v) is 3.83. The first-order chi connectivity index (χ1) is 6.15. The van der Waals surface area contributed by atoms with Crippen LogP contribution in [-0.4, -0.2) is 26.7 Å². The van der Waals surface area contributed by atoms with Crippen LogP contribution >= 0.6 is 34.4 Å². The van der Waals surface area contributed by atoms with Gasteiger partial charge in [-0.25, -0.2) is 0 Å². The fourth-order valence-corrected chi connectivity index (χ4v) is 2.69. The van der Waals surface area contributed by atoms with Crippen LogP contribution in [0.2, 0.25) is 0 Å². The van der Waals surface area contributed by atoms with Gasteiger partial charge in [0.1, 0.15) is 0 Å². The number of aromatic nitrogens is 2. The molecule has 13 heavy (non-hydrogen) atoms. The Bertz CT molecular complexity index is 258. The average Bonchev–Trinajstić information content (AvgIpc) is 2.43. The molecule has 1 heterocycles. The molecule has 1 aromatic heterocycles. The molecule has 0 aliphatic heterocycles. The quantitative estimate of drug-likeness (QED) is 0.859. The lowest BCUT2D eigenvalue weighted by atomic mass is 10.5. The summed E-state index contributed by atoms with van der Waals surface area (Å²) in [7, 11) is 1.95. The van der Waals surface area contributed by atoms with E-state index >= 15 is 0 Å². The Morgan fingerprint density at radius 3 is 2.92 bits per heavy atom. The van der Waals surface area contributed by atoms with Gasteiger partial charge in [-0.1, -0.05) is 6.92 Å². The smallest absolute Gasteiger partial charge is 0.0626 e. The highest BCUT2D eigenvalue weighted by Gasteiger charge is 2.07. The maximum atomic E-state index is 8.86. The Labute approximate surface area is 96.0 Å². The maximum absolute atomic E-state index is 8.86. The Morgan fingerprint density at radius 2 is 2.46 bits per heavy atom. The normalized spacial score (nSPS) is 13.2. The van der Waals surface area contributed by atoms with Crippen molar-refractivity contribution < 1.29 is 5.11 Å². The predicted molar refractivity (Wildman–Crippen MR) is 63.8 cm³/mol. The summed E-state index contributed by atoms with van der Waals surface area (Å²) in [5.74, 6) is 0.913. The van der Waals surface area contributed by atoms with Crippen molar-refractivity contribution in [1.29, 1.82) is 0 Å². The second-order valence-electron chi connectivity index (χ2n) is 2.87. The van der Waals surface area contributed by atoms with Crippen molar-refractivity contribution in [3.63, 3.8) is 0 Å². The summed E-state index contributed by atoms with van der Waals surface area (Å²) in [5.41, 5.74) is 1.23. The molecule has 1 N–H and O–H groups in total. The number of hydrogen-bond acceptors (Lipinski definition) is 3. The fourth-order valence-electron chi connectivity index (χ4n) is 0.872. The van der Waals surface area contributed by atoms with Gasteiger partial charge >= 0.3 is 0 Å². The van der Waals surface area contributed by atoms with Crippen LogP contribution in [-0.2, 0) is 12.8 Å². The van der Waals surface area contributed by atoms with E-state index in [1.54, 1.807) is 11.8 Å². The zero-order valence-electron chi connectivity index (χ0n) is 7.70. The molecule has 0 amide bonds. The Balaban J connectivity index is 2.53. The number of aryl methyl sites for hydroxylation is 1. The predicted octanol–water partition coefficient (Wildman–Crippen LogP) is 1.64. The maximum Gasteiger partial charge on any atom is 0.0626 e. The van der Waals surface area contributed by atoms with Crippen molar-refractivity contribution in [1.82, 2.24) is 9.78 Å². The van der Waals surface area contributed by atoms with Crippen molar-refractivity contribution >= 4 is 34.4 Å². The second kappa shape index (κ2) is 5.21. The molecule has 0 saturated carbocycles. The molecule has 0 saturated heterocycles. The number of thioether (sulfide) groups is 1. The Morgan fingerprint density at radius 1 is 1.77 bits per heavy atom. The average molecular weight is 312 g/mol. The Hall–Kier alpha value is 0.250. The molecule has 3 nitrogen and oxygen atoms in total. The van der Waals surface area contributed by atoms with Gasteiger partial charge in [0.2, 0.25) is 0 Å². The highest BCUT2D eigenvalue weighted by atomic mass is 127. The zero-order chi connectivity index (χ0) is 9.84. The summed E-state index contributed by atoms with van der Waals surface area (Å²) in [6, 6.07) is 0. The summed E-state index contributed by atoms with van der Waals surface area (Å²) in [5, 5.41) is 13.3. The first-order valence-electron chi connectivity index (χ1n) is 4.04. The number of nitrogens with zero attached hydrogens (tertiary/aromatic N) is 2. The van der Waals surface area contributed by atoms with E-state index in [9.17, 15) is 0 Å². The molecule has 0 bridgehead atoms. The van der Waals surface area contributed by atoms with E-state index in [0.29, 0.717) is 5.25 Å². The van der Waals surface area contributed by atoms with Crippen LogP contribution in [0.4, 0.5) is 0 Å². The molecular weight excluding hydrogens is 299 g/mol. The SMILES string of the molecule is CC(CO)SCc1c(I)cnn1C.